The second-order valence-corrected chi connectivity index (χ2v) is 3.82. The van der Waals surface area contributed by atoms with Gasteiger partial charge in [-0.15, -0.1) is 0 Å². The fourth-order valence-electron chi connectivity index (χ4n) is 1.83. The van der Waals surface area contributed by atoms with E-state index in [-0.39, 0.29) is 0 Å². The monoisotopic (exact) mass is 225 g/mol. The van der Waals surface area contributed by atoms with Crippen LogP contribution < -0.4 is 11.5 Å². The van der Waals surface area contributed by atoms with Crippen LogP contribution in [0.4, 0.5) is 11.6 Å². The smallest absolute Gasteiger partial charge is 0.136 e. The molecule has 0 aliphatic heterocycles. The lowest BCUT2D eigenvalue weighted by Crippen LogP contribution is -1.97. The average molecular weight is 225 g/mol. The molecule has 0 amide bonds. The highest BCUT2D eigenvalue weighted by Crippen LogP contribution is 2.22. The van der Waals surface area contributed by atoms with Crippen molar-refractivity contribution in [3.8, 4) is 11.1 Å². The topological polar surface area (TPSA) is 82.2 Å². The third-order valence-electron chi connectivity index (χ3n) is 2.59. The summed E-state index contributed by atoms with van der Waals surface area (Å²) < 4.78 is 1.95. The van der Waals surface area contributed by atoms with Gasteiger partial charge in [0.1, 0.15) is 17.3 Å². The van der Waals surface area contributed by atoms with Crippen LogP contribution in [0.25, 0.3) is 16.8 Å². The summed E-state index contributed by atoms with van der Waals surface area (Å²) in [6.45, 7) is 0. The lowest BCUT2D eigenvalue weighted by molar-refractivity contribution is 1.19. The van der Waals surface area contributed by atoms with Gasteiger partial charge in [-0.1, -0.05) is 0 Å². The van der Waals surface area contributed by atoms with Gasteiger partial charge in [-0.3, -0.25) is 0 Å². The second-order valence-electron chi connectivity index (χ2n) is 3.82. The first kappa shape index (κ1) is 9.65. The Morgan fingerprint density at radius 2 is 1.76 bits per heavy atom. The number of hydrogen-bond donors (Lipinski definition) is 2. The van der Waals surface area contributed by atoms with Crippen LogP contribution in [0.2, 0.25) is 0 Å². The van der Waals surface area contributed by atoms with Crippen molar-refractivity contribution in [2.45, 2.75) is 0 Å². The maximum absolute atomic E-state index is 5.68. The molecule has 0 atom stereocenters. The van der Waals surface area contributed by atoms with Crippen LogP contribution in [0.15, 0.2) is 42.9 Å². The normalized spacial score (nSPS) is 10.8. The van der Waals surface area contributed by atoms with Gasteiger partial charge in [-0.2, -0.15) is 0 Å². The minimum absolute atomic E-state index is 0.422. The third kappa shape index (κ3) is 1.67. The number of nitrogen functional groups attached to an aromatic ring is 2. The van der Waals surface area contributed by atoms with E-state index in [4.69, 9.17) is 11.5 Å². The lowest BCUT2D eigenvalue weighted by atomic mass is 10.1. The molecule has 0 saturated heterocycles. The van der Waals surface area contributed by atoms with Crippen LogP contribution in [0.3, 0.4) is 0 Å². The number of rotatable bonds is 1. The first-order chi connectivity index (χ1) is 8.22. The van der Waals surface area contributed by atoms with Crippen LogP contribution in [-0.4, -0.2) is 14.4 Å². The van der Waals surface area contributed by atoms with Crippen molar-refractivity contribution in [1.29, 1.82) is 0 Å². The fourth-order valence-corrected chi connectivity index (χ4v) is 1.83. The molecular formula is C12H11N5. The SMILES string of the molecule is Nc1cc(-c2ccc3nccn3c2)cc(N)n1. The quantitative estimate of drug-likeness (QED) is 0.658. The van der Waals surface area contributed by atoms with Crippen LogP contribution in [0, 0.1) is 0 Å². The Hall–Kier alpha value is -2.56. The summed E-state index contributed by atoms with van der Waals surface area (Å²) in [4.78, 5) is 8.14. The van der Waals surface area contributed by atoms with Gasteiger partial charge in [-0.25, -0.2) is 9.97 Å². The first-order valence-electron chi connectivity index (χ1n) is 5.18. The number of nitrogens with zero attached hydrogens (tertiary/aromatic N) is 3. The largest absolute Gasteiger partial charge is 0.384 e. The molecule has 0 bridgehead atoms. The Balaban J connectivity index is 2.19. The van der Waals surface area contributed by atoms with E-state index in [1.165, 1.54) is 0 Å². The van der Waals surface area contributed by atoms with Gasteiger partial charge < -0.3 is 15.9 Å². The summed E-state index contributed by atoms with van der Waals surface area (Å²) in [7, 11) is 0. The van der Waals surface area contributed by atoms with Gasteiger partial charge >= 0.3 is 0 Å². The fraction of sp³-hybridized carbons (Fsp3) is 0. The van der Waals surface area contributed by atoms with E-state index in [1.807, 2.05) is 28.9 Å². The highest BCUT2D eigenvalue weighted by molar-refractivity contribution is 5.69. The third-order valence-corrected chi connectivity index (χ3v) is 2.59. The predicted octanol–water partition coefficient (Wildman–Crippen LogP) is 1.56. The molecule has 84 valence electrons. The van der Waals surface area contributed by atoms with Crippen molar-refractivity contribution in [2.24, 2.45) is 0 Å². The number of anilines is 2. The van der Waals surface area contributed by atoms with Crippen molar-refractivity contribution in [3.05, 3.63) is 42.9 Å². The molecule has 0 radical (unpaired) electrons. The van der Waals surface area contributed by atoms with Crippen LogP contribution in [-0.2, 0) is 0 Å². The van der Waals surface area contributed by atoms with Crippen LogP contribution in [0.1, 0.15) is 0 Å². The number of nitrogens with two attached hydrogens (primary N) is 2. The molecule has 0 fully saturated rings. The van der Waals surface area contributed by atoms with E-state index in [0.717, 1.165) is 16.8 Å². The van der Waals surface area contributed by atoms with Crippen molar-refractivity contribution in [2.75, 3.05) is 11.5 Å². The van der Waals surface area contributed by atoms with Gasteiger partial charge in [-0.05, 0) is 35.4 Å². The molecule has 3 heterocycles. The van der Waals surface area contributed by atoms with E-state index in [2.05, 4.69) is 9.97 Å². The molecule has 3 aromatic heterocycles. The van der Waals surface area contributed by atoms with Gasteiger partial charge in [0, 0.05) is 18.6 Å². The summed E-state index contributed by atoms with van der Waals surface area (Å²) in [5.41, 5.74) is 14.2. The Labute approximate surface area is 97.7 Å². The molecule has 3 aromatic rings. The molecule has 17 heavy (non-hydrogen) atoms. The van der Waals surface area contributed by atoms with E-state index >= 15 is 0 Å². The minimum Gasteiger partial charge on any atom is -0.384 e. The van der Waals surface area contributed by atoms with Gasteiger partial charge in [0.2, 0.25) is 0 Å². The average Bonchev–Trinajstić information content (AvgIpc) is 2.74. The van der Waals surface area contributed by atoms with E-state index in [9.17, 15) is 0 Å². The molecule has 0 saturated carbocycles. The zero-order valence-electron chi connectivity index (χ0n) is 9.04. The summed E-state index contributed by atoms with van der Waals surface area (Å²) in [5, 5.41) is 0. The Kier molecular flexibility index (Phi) is 1.98. The van der Waals surface area contributed by atoms with Gasteiger partial charge in [0.15, 0.2) is 0 Å². The Morgan fingerprint density at radius 1 is 1.00 bits per heavy atom. The minimum atomic E-state index is 0.422. The molecule has 3 rings (SSSR count). The van der Waals surface area contributed by atoms with E-state index < -0.39 is 0 Å². The lowest BCUT2D eigenvalue weighted by Gasteiger charge is -2.05. The van der Waals surface area contributed by atoms with Crippen molar-refractivity contribution >= 4 is 17.3 Å². The number of fused-ring (bicyclic) bond motifs is 1. The standard InChI is InChI=1S/C12H11N5/c13-10-5-9(6-11(14)16-10)8-1-2-12-15-3-4-17(12)7-8/h1-7H,(H4,13,14,16). The summed E-state index contributed by atoms with van der Waals surface area (Å²) in [6.07, 6.45) is 5.64. The molecule has 0 aliphatic carbocycles. The Morgan fingerprint density at radius 3 is 2.53 bits per heavy atom. The highest BCUT2D eigenvalue weighted by Gasteiger charge is 2.03. The second kappa shape index (κ2) is 3.48. The van der Waals surface area contributed by atoms with Crippen LogP contribution >= 0.6 is 0 Å². The Bertz CT molecular complexity index is 666. The zero-order chi connectivity index (χ0) is 11.8. The van der Waals surface area contributed by atoms with Crippen molar-refractivity contribution in [3.63, 3.8) is 0 Å². The number of imidazole rings is 1. The maximum Gasteiger partial charge on any atom is 0.136 e. The molecule has 0 aromatic carbocycles. The van der Waals surface area contributed by atoms with Crippen molar-refractivity contribution in [1.82, 2.24) is 14.4 Å². The first-order valence-corrected chi connectivity index (χ1v) is 5.18. The van der Waals surface area contributed by atoms with Gasteiger partial charge in [0.25, 0.3) is 0 Å². The van der Waals surface area contributed by atoms with Gasteiger partial charge in [0.05, 0.1) is 0 Å². The molecule has 0 spiro atoms. The highest BCUT2D eigenvalue weighted by atomic mass is 15.0. The van der Waals surface area contributed by atoms with E-state index in [0.29, 0.717) is 11.6 Å². The van der Waals surface area contributed by atoms with Crippen LogP contribution in [0.5, 0.6) is 0 Å². The zero-order valence-corrected chi connectivity index (χ0v) is 9.04. The molecule has 5 heteroatoms. The molecular weight excluding hydrogens is 214 g/mol. The molecule has 0 aliphatic rings. The summed E-state index contributed by atoms with van der Waals surface area (Å²) in [6, 6.07) is 7.53. The maximum atomic E-state index is 5.68. The van der Waals surface area contributed by atoms with Crippen molar-refractivity contribution < 1.29 is 0 Å². The predicted molar refractivity (Wildman–Crippen MR) is 67.2 cm³/mol. The molecule has 5 nitrogen and oxygen atoms in total. The number of hydrogen-bond acceptors (Lipinski definition) is 4. The molecule has 4 N–H and O–H groups in total. The molecule has 0 unspecified atom stereocenters. The summed E-state index contributed by atoms with van der Waals surface area (Å²) >= 11 is 0. The number of aromatic nitrogens is 3. The summed E-state index contributed by atoms with van der Waals surface area (Å²) in [5.74, 6) is 0.844. The van der Waals surface area contributed by atoms with E-state index in [1.54, 1.807) is 18.3 Å². The number of pyridine rings is 2.